The largest absolute Gasteiger partial charge is 0.352 e. The highest BCUT2D eigenvalue weighted by Crippen LogP contribution is 2.40. The van der Waals surface area contributed by atoms with Crippen LogP contribution >= 0.6 is 0 Å². The second kappa shape index (κ2) is 7.99. The summed E-state index contributed by atoms with van der Waals surface area (Å²) in [5.74, 6) is 1.49. The highest BCUT2D eigenvalue weighted by atomic mass is 15.0. The van der Waals surface area contributed by atoms with Crippen molar-refractivity contribution < 1.29 is 0 Å². The number of fused-ring (bicyclic) bond motifs is 10. The molecule has 0 spiro atoms. The van der Waals surface area contributed by atoms with Crippen LogP contribution < -0.4 is 16.0 Å². The molecule has 3 aromatic heterocycles. The lowest BCUT2D eigenvalue weighted by atomic mass is 9.94. The highest BCUT2D eigenvalue weighted by Gasteiger charge is 2.31. The van der Waals surface area contributed by atoms with Gasteiger partial charge in [-0.2, -0.15) is 0 Å². The minimum absolute atomic E-state index is 0.270. The number of hydrogen-bond acceptors (Lipinski definition) is 7. The van der Waals surface area contributed by atoms with Crippen LogP contribution in [0.3, 0.4) is 0 Å². The molecular formula is C32H29N7. The minimum atomic E-state index is -0.278. The van der Waals surface area contributed by atoms with Gasteiger partial charge in [0.1, 0.15) is 45.1 Å². The lowest BCUT2D eigenvalue weighted by molar-refractivity contribution is 0.541. The fourth-order valence-electron chi connectivity index (χ4n) is 4.95. The Balaban J connectivity index is 1.67. The highest BCUT2D eigenvalue weighted by molar-refractivity contribution is 5.87. The van der Waals surface area contributed by atoms with Crippen molar-refractivity contribution in [3.8, 4) is 33.9 Å². The van der Waals surface area contributed by atoms with Gasteiger partial charge in [0.05, 0.1) is 22.8 Å². The number of nitrogens with zero attached hydrogens (tertiary/aromatic N) is 6. The summed E-state index contributed by atoms with van der Waals surface area (Å²) in [5.41, 5.74) is 7.94. The van der Waals surface area contributed by atoms with Gasteiger partial charge in [-0.3, -0.25) is 0 Å². The average molecular weight is 512 g/mol. The van der Waals surface area contributed by atoms with Gasteiger partial charge in [0.25, 0.3) is 0 Å². The van der Waals surface area contributed by atoms with E-state index in [0.717, 1.165) is 73.7 Å². The molecule has 0 fully saturated rings. The molecule has 39 heavy (non-hydrogen) atoms. The standard InChI is InChI=1S/C32H29N7/c1-31(2,3)29-36-23-18-11-7-10-17(16-18)19-12-8-13-20(33-19)21-14-9-15-22(34-21)24-26-28(27(38-29)25(23)35-26)39-30(37-24)32(4,5)6/h7-16,34H,1-6H3. The second-order valence-electron chi connectivity index (χ2n) is 12.3. The summed E-state index contributed by atoms with van der Waals surface area (Å²) in [6, 6.07) is 14.5. The summed E-state index contributed by atoms with van der Waals surface area (Å²) in [4.78, 5) is 30.5. The third kappa shape index (κ3) is 3.80. The first-order valence-electron chi connectivity index (χ1n) is 13.2. The maximum Gasteiger partial charge on any atom is 0.135 e. The molecule has 0 saturated heterocycles. The molecule has 192 valence electrons. The lowest BCUT2D eigenvalue weighted by Gasteiger charge is -2.20. The van der Waals surface area contributed by atoms with E-state index in [-0.39, 0.29) is 10.8 Å². The van der Waals surface area contributed by atoms with E-state index in [1.165, 1.54) is 0 Å². The van der Waals surface area contributed by atoms with Crippen molar-refractivity contribution in [3.05, 3.63) is 88.7 Å². The molecule has 1 aromatic carbocycles. The molecule has 0 radical (unpaired) electrons. The fourth-order valence-corrected chi connectivity index (χ4v) is 4.95. The van der Waals surface area contributed by atoms with Gasteiger partial charge < -0.3 is 5.32 Å². The van der Waals surface area contributed by atoms with Crippen molar-refractivity contribution in [2.45, 2.75) is 52.4 Å². The number of allylic oxidation sites excluding steroid dienone is 2. The predicted molar refractivity (Wildman–Crippen MR) is 153 cm³/mol. The Labute approximate surface area is 227 Å². The van der Waals surface area contributed by atoms with E-state index >= 15 is 0 Å². The number of rotatable bonds is 0. The van der Waals surface area contributed by atoms with E-state index in [4.69, 9.17) is 29.9 Å². The molecule has 3 aliphatic heterocycles. The maximum atomic E-state index is 5.16. The average Bonchev–Trinajstić information content (AvgIpc) is 3.30. The molecule has 0 amide bonds. The van der Waals surface area contributed by atoms with Crippen LogP contribution in [0.25, 0.3) is 45.3 Å². The first-order chi connectivity index (χ1) is 18.6. The first-order valence-corrected chi connectivity index (χ1v) is 13.2. The fraction of sp³-hybridized carbons (Fsp3) is 0.250. The summed E-state index contributed by atoms with van der Waals surface area (Å²) in [6.45, 7) is 12.8. The Morgan fingerprint density at radius 1 is 0.667 bits per heavy atom. The summed E-state index contributed by atoms with van der Waals surface area (Å²) in [7, 11) is 0. The van der Waals surface area contributed by atoms with Gasteiger partial charge in [-0.25, -0.2) is 29.9 Å². The topological polar surface area (TPSA) is 88.8 Å². The molecule has 0 aliphatic carbocycles. The summed E-state index contributed by atoms with van der Waals surface area (Å²) >= 11 is 0. The molecule has 0 saturated carbocycles. The van der Waals surface area contributed by atoms with Crippen molar-refractivity contribution in [2.24, 2.45) is 4.99 Å². The van der Waals surface area contributed by atoms with Gasteiger partial charge in [-0.05, 0) is 30.4 Å². The minimum Gasteiger partial charge on any atom is -0.352 e. The van der Waals surface area contributed by atoms with Gasteiger partial charge in [0.2, 0.25) is 0 Å². The zero-order chi connectivity index (χ0) is 27.1. The smallest absolute Gasteiger partial charge is 0.135 e. The molecule has 0 atom stereocenters. The molecule has 0 unspecified atom stereocenters. The van der Waals surface area contributed by atoms with E-state index in [1.54, 1.807) is 0 Å². The Morgan fingerprint density at radius 3 is 2.13 bits per heavy atom. The Hall–Kier alpha value is -4.52. The van der Waals surface area contributed by atoms with Gasteiger partial charge in [-0.1, -0.05) is 71.9 Å². The number of nitrogens with one attached hydrogen (secondary N) is 1. The zero-order valence-electron chi connectivity index (χ0n) is 23.0. The molecule has 1 N–H and O–H groups in total. The van der Waals surface area contributed by atoms with Crippen LogP contribution in [0, 0.1) is 0 Å². The van der Waals surface area contributed by atoms with Crippen LogP contribution in [-0.2, 0) is 10.8 Å². The van der Waals surface area contributed by atoms with E-state index in [9.17, 15) is 0 Å². The molecule has 4 aromatic rings. The van der Waals surface area contributed by atoms with Crippen LogP contribution in [0.4, 0.5) is 5.69 Å². The number of pyridine rings is 1. The van der Waals surface area contributed by atoms with Gasteiger partial charge >= 0.3 is 0 Å². The van der Waals surface area contributed by atoms with Gasteiger partial charge in [0, 0.05) is 22.0 Å². The molecular weight excluding hydrogens is 482 g/mol. The number of benzene rings is 1. The van der Waals surface area contributed by atoms with E-state index in [2.05, 4.69) is 65.1 Å². The number of dihydropyridines is 1. The molecule has 7 nitrogen and oxygen atoms in total. The van der Waals surface area contributed by atoms with E-state index in [1.807, 2.05) is 42.5 Å². The van der Waals surface area contributed by atoms with E-state index < -0.39 is 0 Å². The van der Waals surface area contributed by atoms with Crippen LogP contribution in [0.1, 0.15) is 58.9 Å². The summed E-state index contributed by atoms with van der Waals surface area (Å²) in [5, 5.41) is 5.05. The third-order valence-electron chi connectivity index (χ3n) is 7.06. The van der Waals surface area contributed by atoms with Gasteiger partial charge in [0.15, 0.2) is 0 Å². The molecule has 3 aliphatic rings. The van der Waals surface area contributed by atoms with Crippen molar-refractivity contribution in [1.29, 1.82) is 0 Å². The van der Waals surface area contributed by atoms with E-state index in [0.29, 0.717) is 5.36 Å². The third-order valence-corrected chi connectivity index (χ3v) is 7.06. The number of aromatic nitrogens is 5. The van der Waals surface area contributed by atoms with Crippen molar-refractivity contribution in [2.75, 3.05) is 0 Å². The quantitative estimate of drug-likeness (QED) is 0.310. The zero-order valence-corrected chi connectivity index (χ0v) is 23.0. The van der Waals surface area contributed by atoms with Crippen LogP contribution in [0.5, 0.6) is 0 Å². The molecule has 8 bridgehead atoms. The van der Waals surface area contributed by atoms with Crippen LogP contribution in [0.15, 0.2) is 65.7 Å². The second-order valence-corrected chi connectivity index (χ2v) is 12.3. The van der Waals surface area contributed by atoms with Crippen molar-refractivity contribution in [3.63, 3.8) is 0 Å². The normalized spacial score (nSPS) is 14.8. The van der Waals surface area contributed by atoms with Gasteiger partial charge in [-0.15, -0.1) is 0 Å². The van der Waals surface area contributed by atoms with Crippen molar-refractivity contribution >= 4 is 17.1 Å². The SMILES string of the molecule is CC(C)(C)c1nc2c3c(n1)-c1nc(C(C)(C)C)nc(c1=N3)=C1C=CC=C(N1)c1cccc(n1)-c1cccc-2c1. The number of hydrogen-bond donors (Lipinski definition) is 1. The summed E-state index contributed by atoms with van der Waals surface area (Å²) in [6.07, 6.45) is 6.09. The Kier molecular flexibility index (Phi) is 4.83. The first kappa shape index (κ1) is 23.6. The molecule has 7 heteroatoms. The molecule has 6 heterocycles. The maximum absolute atomic E-state index is 5.16. The monoisotopic (exact) mass is 511 g/mol. The summed E-state index contributed by atoms with van der Waals surface area (Å²) < 4.78 is 0. The van der Waals surface area contributed by atoms with Crippen molar-refractivity contribution in [1.82, 2.24) is 30.2 Å². The Morgan fingerprint density at radius 2 is 1.33 bits per heavy atom. The Bertz CT molecular complexity index is 1900. The lowest BCUT2D eigenvalue weighted by Crippen LogP contribution is -2.39. The predicted octanol–water partition coefficient (Wildman–Crippen LogP) is 5.14. The van der Waals surface area contributed by atoms with Crippen LogP contribution in [0.2, 0.25) is 0 Å². The molecule has 7 rings (SSSR count). The van der Waals surface area contributed by atoms with Crippen LogP contribution in [-0.4, -0.2) is 24.9 Å².